The average molecular weight is 290 g/mol. The summed E-state index contributed by atoms with van der Waals surface area (Å²) in [4.78, 5) is 2.51. The van der Waals surface area contributed by atoms with Crippen LogP contribution in [-0.4, -0.2) is 32.3 Å². The van der Waals surface area contributed by atoms with Crippen molar-refractivity contribution in [1.29, 1.82) is 0 Å². The molecule has 1 N–H and O–H groups in total. The first-order chi connectivity index (χ1) is 10.1. The van der Waals surface area contributed by atoms with E-state index in [0.717, 1.165) is 38.3 Å². The molecule has 2 rings (SSSR count). The molecule has 1 aromatic rings. The van der Waals surface area contributed by atoms with Crippen LogP contribution < -0.4 is 15.0 Å². The fraction of sp³-hybridized carbons (Fsp3) is 0.667. The largest absolute Gasteiger partial charge is 0.491 e. The van der Waals surface area contributed by atoms with E-state index in [9.17, 15) is 0 Å². The van der Waals surface area contributed by atoms with Crippen LogP contribution in [0.5, 0.6) is 5.75 Å². The lowest BCUT2D eigenvalue weighted by Gasteiger charge is -2.33. The molecular formula is C18H30N2O. The van der Waals surface area contributed by atoms with Crippen molar-refractivity contribution in [3.63, 3.8) is 0 Å². The zero-order valence-corrected chi connectivity index (χ0v) is 13.9. The third kappa shape index (κ3) is 4.92. The quantitative estimate of drug-likeness (QED) is 0.918. The molecule has 1 aliphatic heterocycles. The third-order valence-electron chi connectivity index (χ3n) is 4.14. The summed E-state index contributed by atoms with van der Waals surface area (Å²) in [5.74, 6) is 2.32. The van der Waals surface area contributed by atoms with Crippen molar-refractivity contribution in [2.24, 2.45) is 11.8 Å². The van der Waals surface area contributed by atoms with E-state index in [1.807, 2.05) is 0 Å². The third-order valence-corrected chi connectivity index (χ3v) is 4.14. The van der Waals surface area contributed by atoms with Gasteiger partial charge in [-0.15, -0.1) is 0 Å². The number of nitrogens with one attached hydrogen (secondary N) is 1. The molecule has 0 amide bonds. The second-order valence-electron chi connectivity index (χ2n) is 6.61. The van der Waals surface area contributed by atoms with Crippen LogP contribution in [0.25, 0.3) is 0 Å². The minimum absolute atomic E-state index is 0.273. The SMILES string of the molecule is CCC(C)Oc1cccc(N2CC(C)CNCC(C)C2)c1. The van der Waals surface area contributed by atoms with E-state index in [4.69, 9.17) is 4.74 Å². The summed E-state index contributed by atoms with van der Waals surface area (Å²) in [5.41, 5.74) is 1.29. The molecule has 0 aromatic heterocycles. The predicted octanol–water partition coefficient (Wildman–Crippen LogP) is 3.55. The second kappa shape index (κ2) is 7.69. The summed E-state index contributed by atoms with van der Waals surface area (Å²) in [5, 5.41) is 3.55. The van der Waals surface area contributed by atoms with Crippen molar-refractivity contribution in [3.05, 3.63) is 24.3 Å². The zero-order valence-electron chi connectivity index (χ0n) is 13.9. The van der Waals surface area contributed by atoms with Gasteiger partial charge in [-0.05, 0) is 50.4 Å². The number of nitrogens with zero attached hydrogens (tertiary/aromatic N) is 1. The van der Waals surface area contributed by atoms with Gasteiger partial charge in [0, 0.05) is 24.8 Å². The molecule has 21 heavy (non-hydrogen) atoms. The highest BCUT2D eigenvalue weighted by Gasteiger charge is 2.18. The monoisotopic (exact) mass is 290 g/mol. The Bertz CT molecular complexity index is 423. The van der Waals surface area contributed by atoms with Gasteiger partial charge in [-0.1, -0.05) is 26.8 Å². The molecule has 1 aliphatic rings. The normalized spacial score (nSPS) is 25.0. The first-order valence-corrected chi connectivity index (χ1v) is 8.30. The molecule has 1 heterocycles. The zero-order chi connectivity index (χ0) is 15.2. The van der Waals surface area contributed by atoms with Gasteiger partial charge < -0.3 is 15.0 Å². The van der Waals surface area contributed by atoms with Crippen LogP contribution in [0.3, 0.4) is 0 Å². The highest BCUT2D eigenvalue weighted by atomic mass is 16.5. The van der Waals surface area contributed by atoms with Crippen molar-refractivity contribution in [1.82, 2.24) is 5.32 Å². The van der Waals surface area contributed by atoms with E-state index in [0.29, 0.717) is 11.8 Å². The van der Waals surface area contributed by atoms with Crippen LogP contribution in [0.4, 0.5) is 5.69 Å². The van der Waals surface area contributed by atoms with Crippen LogP contribution in [0.15, 0.2) is 24.3 Å². The van der Waals surface area contributed by atoms with E-state index in [2.05, 4.69) is 62.2 Å². The molecule has 3 atom stereocenters. The average Bonchev–Trinajstić information content (AvgIpc) is 2.45. The molecule has 1 fully saturated rings. The van der Waals surface area contributed by atoms with Crippen molar-refractivity contribution in [2.45, 2.75) is 40.2 Å². The molecular weight excluding hydrogens is 260 g/mol. The Balaban J connectivity index is 2.12. The Labute approximate surface area is 129 Å². The van der Waals surface area contributed by atoms with E-state index < -0.39 is 0 Å². The lowest BCUT2D eigenvalue weighted by molar-refractivity contribution is 0.217. The lowest BCUT2D eigenvalue weighted by atomic mass is 10.0. The number of rotatable bonds is 4. The van der Waals surface area contributed by atoms with Crippen molar-refractivity contribution >= 4 is 5.69 Å². The minimum Gasteiger partial charge on any atom is -0.491 e. The molecule has 0 spiro atoms. The molecule has 118 valence electrons. The number of ether oxygens (including phenoxy) is 1. The van der Waals surface area contributed by atoms with Gasteiger partial charge in [-0.2, -0.15) is 0 Å². The van der Waals surface area contributed by atoms with Crippen molar-refractivity contribution in [2.75, 3.05) is 31.1 Å². The number of hydrogen-bond acceptors (Lipinski definition) is 3. The Morgan fingerprint density at radius 3 is 2.52 bits per heavy atom. The van der Waals surface area contributed by atoms with Gasteiger partial charge in [0.1, 0.15) is 5.75 Å². The molecule has 0 radical (unpaired) electrons. The Morgan fingerprint density at radius 1 is 1.24 bits per heavy atom. The number of benzene rings is 1. The molecule has 1 aromatic carbocycles. The first-order valence-electron chi connectivity index (χ1n) is 8.30. The maximum atomic E-state index is 5.97. The lowest BCUT2D eigenvalue weighted by Crippen LogP contribution is -2.42. The van der Waals surface area contributed by atoms with Gasteiger partial charge in [-0.25, -0.2) is 0 Å². The maximum absolute atomic E-state index is 5.97. The predicted molar refractivity (Wildman–Crippen MR) is 90.2 cm³/mol. The van der Waals surface area contributed by atoms with E-state index in [1.165, 1.54) is 5.69 Å². The summed E-state index contributed by atoms with van der Waals surface area (Å²) < 4.78 is 5.97. The molecule has 0 saturated carbocycles. The van der Waals surface area contributed by atoms with Crippen LogP contribution in [0, 0.1) is 11.8 Å². The summed E-state index contributed by atoms with van der Waals surface area (Å²) >= 11 is 0. The maximum Gasteiger partial charge on any atom is 0.121 e. The summed E-state index contributed by atoms with van der Waals surface area (Å²) in [7, 11) is 0. The van der Waals surface area contributed by atoms with Gasteiger partial charge in [0.05, 0.1) is 6.10 Å². The Hall–Kier alpha value is -1.22. The number of hydrogen-bond donors (Lipinski definition) is 1. The Morgan fingerprint density at radius 2 is 1.90 bits per heavy atom. The summed E-state index contributed by atoms with van der Waals surface area (Å²) in [6.07, 6.45) is 1.31. The van der Waals surface area contributed by atoms with Crippen molar-refractivity contribution < 1.29 is 4.74 Å². The van der Waals surface area contributed by atoms with Gasteiger partial charge >= 0.3 is 0 Å². The van der Waals surface area contributed by atoms with Crippen molar-refractivity contribution in [3.8, 4) is 5.75 Å². The molecule has 3 unspecified atom stereocenters. The molecule has 3 nitrogen and oxygen atoms in total. The van der Waals surface area contributed by atoms with Crippen LogP contribution in [0.1, 0.15) is 34.1 Å². The van der Waals surface area contributed by atoms with Gasteiger partial charge in [-0.3, -0.25) is 0 Å². The van der Waals surface area contributed by atoms with Gasteiger partial charge in [0.15, 0.2) is 0 Å². The molecule has 1 saturated heterocycles. The fourth-order valence-corrected chi connectivity index (χ4v) is 2.81. The molecule has 0 aliphatic carbocycles. The number of anilines is 1. The summed E-state index contributed by atoms with van der Waals surface area (Å²) in [6.45, 7) is 13.3. The van der Waals surface area contributed by atoms with Crippen LogP contribution >= 0.6 is 0 Å². The van der Waals surface area contributed by atoms with Crippen LogP contribution in [-0.2, 0) is 0 Å². The Kier molecular flexibility index (Phi) is 5.92. The highest BCUT2D eigenvalue weighted by Crippen LogP contribution is 2.24. The van der Waals surface area contributed by atoms with Gasteiger partial charge in [0.2, 0.25) is 0 Å². The van der Waals surface area contributed by atoms with E-state index in [1.54, 1.807) is 0 Å². The first kappa shape index (κ1) is 16.2. The van der Waals surface area contributed by atoms with Crippen LogP contribution in [0.2, 0.25) is 0 Å². The minimum atomic E-state index is 0.273. The molecule has 3 heteroatoms. The molecule has 0 bridgehead atoms. The standard InChI is InChI=1S/C18H30N2O/c1-5-16(4)21-18-8-6-7-17(9-18)20-12-14(2)10-19-11-15(3)13-20/h6-9,14-16,19H,5,10-13H2,1-4H3. The highest BCUT2D eigenvalue weighted by molar-refractivity contribution is 5.51. The smallest absolute Gasteiger partial charge is 0.121 e. The summed E-state index contributed by atoms with van der Waals surface area (Å²) in [6, 6.07) is 8.58. The van der Waals surface area contributed by atoms with E-state index in [-0.39, 0.29) is 6.10 Å². The van der Waals surface area contributed by atoms with Gasteiger partial charge in [0.25, 0.3) is 0 Å². The second-order valence-corrected chi connectivity index (χ2v) is 6.61. The van der Waals surface area contributed by atoms with E-state index >= 15 is 0 Å². The topological polar surface area (TPSA) is 24.5 Å². The fourth-order valence-electron chi connectivity index (χ4n) is 2.81.